The smallest absolute Gasteiger partial charge is 0.274 e. The molecule has 1 aliphatic heterocycles. The number of hydrogen-bond donors (Lipinski definition) is 1. The van der Waals surface area contributed by atoms with Crippen LogP contribution in [0.4, 0.5) is 5.82 Å². The van der Waals surface area contributed by atoms with Crippen molar-refractivity contribution in [2.45, 2.75) is 22.7 Å². The maximum Gasteiger partial charge on any atom is 0.274 e. The van der Waals surface area contributed by atoms with Crippen LogP contribution in [-0.2, 0) is 4.79 Å². The van der Waals surface area contributed by atoms with E-state index in [0.29, 0.717) is 41.4 Å². The van der Waals surface area contributed by atoms with Crippen LogP contribution in [-0.4, -0.2) is 47.4 Å². The zero-order valence-electron chi connectivity index (χ0n) is 18.4. The summed E-state index contributed by atoms with van der Waals surface area (Å²) >= 11 is 17.5. The summed E-state index contributed by atoms with van der Waals surface area (Å²) in [5.74, 6) is 1.22. The molecule has 180 valence electrons. The average Bonchev–Trinajstić information content (AvgIpc) is 3.25. The first-order chi connectivity index (χ1) is 16.8. The molecule has 11 heteroatoms. The van der Waals surface area contributed by atoms with Crippen molar-refractivity contribution in [1.29, 1.82) is 0 Å². The number of likely N-dealkylation sites (tertiary alicyclic amines) is 1. The topological polar surface area (TPSA) is 99.2 Å². The minimum Gasteiger partial charge on any atom is -0.457 e. The second-order valence-electron chi connectivity index (χ2n) is 8.24. The number of anilines is 1. The summed E-state index contributed by atoms with van der Waals surface area (Å²) in [4.78, 5) is 22.7. The van der Waals surface area contributed by atoms with Crippen molar-refractivity contribution in [3.8, 4) is 22.8 Å². The average molecular weight is 532 g/mol. The van der Waals surface area contributed by atoms with Gasteiger partial charge < -0.3 is 15.4 Å². The van der Waals surface area contributed by atoms with E-state index in [4.69, 9.17) is 50.4 Å². The molecular weight excluding hydrogens is 511 g/mol. The van der Waals surface area contributed by atoms with E-state index < -0.39 is 9.70 Å². The summed E-state index contributed by atoms with van der Waals surface area (Å²) in [5, 5.41) is 5.52. The molecule has 35 heavy (non-hydrogen) atoms. The Morgan fingerprint density at radius 2 is 1.74 bits per heavy atom. The Morgan fingerprint density at radius 3 is 2.46 bits per heavy atom. The van der Waals surface area contributed by atoms with Gasteiger partial charge in [-0.1, -0.05) is 53.0 Å². The number of rotatable bonds is 4. The van der Waals surface area contributed by atoms with E-state index in [-0.39, 0.29) is 6.04 Å². The van der Waals surface area contributed by atoms with Gasteiger partial charge in [0.25, 0.3) is 9.70 Å². The monoisotopic (exact) mass is 530 g/mol. The molecule has 1 amide bonds. The zero-order valence-corrected chi connectivity index (χ0v) is 20.7. The van der Waals surface area contributed by atoms with Gasteiger partial charge in [-0.2, -0.15) is 5.10 Å². The van der Waals surface area contributed by atoms with E-state index in [1.54, 1.807) is 9.58 Å². The van der Waals surface area contributed by atoms with Crippen LogP contribution in [0.15, 0.2) is 60.9 Å². The lowest BCUT2D eigenvalue weighted by atomic mass is 10.1. The molecule has 0 bridgehead atoms. The Bertz CT molecular complexity index is 1360. The molecule has 0 spiro atoms. The number of nitrogen functional groups attached to an aromatic ring is 1. The highest BCUT2D eigenvalue weighted by molar-refractivity contribution is 6.76. The van der Waals surface area contributed by atoms with Gasteiger partial charge in [0.05, 0.1) is 11.4 Å². The van der Waals surface area contributed by atoms with E-state index >= 15 is 0 Å². The maximum atomic E-state index is 12.5. The van der Waals surface area contributed by atoms with Gasteiger partial charge >= 0.3 is 0 Å². The van der Waals surface area contributed by atoms with Crippen LogP contribution in [0, 0.1) is 0 Å². The van der Waals surface area contributed by atoms with Crippen molar-refractivity contribution in [3.63, 3.8) is 0 Å². The molecule has 1 saturated heterocycles. The van der Waals surface area contributed by atoms with E-state index in [1.165, 1.54) is 6.33 Å². The third-order valence-electron chi connectivity index (χ3n) is 5.90. The molecule has 8 nitrogen and oxygen atoms in total. The fraction of sp³-hybridized carbons (Fsp3) is 0.250. The Labute approximate surface area is 216 Å². The number of carbonyl (C=O) groups is 1. The maximum absolute atomic E-state index is 12.5. The number of nitrogens with zero attached hydrogens (tertiary/aromatic N) is 5. The van der Waals surface area contributed by atoms with Crippen molar-refractivity contribution in [2.24, 2.45) is 0 Å². The summed E-state index contributed by atoms with van der Waals surface area (Å²) < 4.78 is 5.69. The van der Waals surface area contributed by atoms with Crippen LogP contribution < -0.4 is 10.5 Å². The van der Waals surface area contributed by atoms with Crippen molar-refractivity contribution in [3.05, 3.63) is 60.9 Å². The van der Waals surface area contributed by atoms with Crippen molar-refractivity contribution in [1.82, 2.24) is 24.6 Å². The predicted octanol–water partition coefficient (Wildman–Crippen LogP) is 5.40. The first-order valence-electron chi connectivity index (χ1n) is 11.0. The number of carbonyl (C=O) groups excluding carboxylic acids is 1. The van der Waals surface area contributed by atoms with E-state index in [1.807, 2.05) is 54.6 Å². The van der Waals surface area contributed by atoms with Crippen molar-refractivity contribution in [2.75, 3.05) is 18.8 Å². The molecule has 0 saturated carbocycles. The van der Waals surface area contributed by atoms with E-state index in [0.717, 1.165) is 24.2 Å². The molecule has 0 aliphatic carbocycles. The highest BCUT2D eigenvalue weighted by atomic mass is 35.6. The van der Waals surface area contributed by atoms with Crippen LogP contribution in [0.1, 0.15) is 18.9 Å². The standard InChI is InChI=1S/C24H21Cl3N6O2/c25-24(26,27)23(34)32-12-4-5-16(13-32)33-22-19(21(28)29-14-30-22)20(31-33)15-8-10-18(11-9-15)35-17-6-2-1-3-7-17/h1-3,6-11,14,16H,4-5,12-13H2,(H2,28,29,30). The Morgan fingerprint density at radius 1 is 1.03 bits per heavy atom. The molecular formula is C24H21Cl3N6O2. The summed E-state index contributed by atoms with van der Waals surface area (Å²) in [6.07, 6.45) is 2.93. The van der Waals surface area contributed by atoms with Gasteiger partial charge in [-0.25, -0.2) is 14.6 Å². The number of hydrogen-bond acceptors (Lipinski definition) is 6. The molecule has 2 aromatic heterocycles. The number of ether oxygens (including phenoxy) is 1. The Hall–Kier alpha value is -3.07. The van der Waals surface area contributed by atoms with E-state index in [9.17, 15) is 4.79 Å². The summed E-state index contributed by atoms with van der Waals surface area (Å²) in [6, 6.07) is 17.0. The number of piperidine rings is 1. The molecule has 2 aromatic carbocycles. The summed E-state index contributed by atoms with van der Waals surface area (Å²) in [7, 11) is 0. The number of amides is 1. The Balaban J connectivity index is 1.48. The van der Waals surface area contributed by atoms with Crippen LogP contribution in [0.5, 0.6) is 11.5 Å². The minimum absolute atomic E-state index is 0.161. The van der Waals surface area contributed by atoms with Crippen LogP contribution in [0.25, 0.3) is 22.3 Å². The quantitative estimate of drug-likeness (QED) is 0.354. The second-order valence-corrected chi connectivity index (χ2v) is 10.5. The molecule has 1 atom stereocenters. The molecule has 5 rings (SSSR count). The van der Waals surface area contributed by atoms with Crippen LogP contribution >= 0.6 is 34.8 Å². The molecule has 1 fully saturated rings. The lowest BCUT2D eigenvalue weighted by Gasteiger charge is -2.34. The third kappa shape index (κ3) is 4.87. The number of benzene rings is 2. The number of alkyl halides is 3. The molecule has 2 N–H and O–H groups in total. The highest BCUT2D eigenvalue weighted by Gasteiger charge is 2.38. The van der Waals surface area contributed by atoms with Crippen molar-refractivity contribution < 1.29 is 9.53 Å². The Kier molecular flexibility index (Phi) is 6.44. The number of fused-ring (bicyclic) bond motifs is 1. The summed E-state index contributed by atoms with van der Waals surface area (Å²) in [6.45, 7) is 0.853. The second kappa shape index (κ2) is 9.53. The number of halogens is 3. The lowest BCUT2D eigenvalue weighted by Crippen LogP contribution is -2.45. The fourth-order valence-electron chi connectivity index (χ4n) is 4.28. The molecule has 1 aliphatic rings. The summed E-state index contributed by atoms with van der Waals surface area (Å²) in [5.41, 5.74) is 8.33. The predicted molar refractivity (Wildman–Crippen MR) is 137 cm³/mol. The molecule has 0 radical (unpaired) electrons. The number of nitrogens with two attached hydrogens (primary N) is 1. The largest absolute Gasteiger partial charge is 0.457 e. The van der Waals surface area contributed by atoms with Gasteiger partial charge in [0.2, 0.25) is 0 Å². The number of aromatic nitrogens is 4. The number of para-hydroxylation sites is 1. The van der Waals surface area contributed by atoms with Gasteiger partial charge in [-0.05, 0) is 49.2 Å². The van der Waals surface area contributed by atoms with Crippen LogP contribution in [0.3, 0.4) is 0 Å². The van der Waals surface area contributed by atoms with Gasteiger partial charge in [0, 0.05) is 18.7 Å². The van der Waals surface area contributed by atoms with Gasteiger partial charge in [-0.15, -0.1) is 0 Å². The van der Waals surface area contributed by atoms with Gasteiger partial charge in [0.15, 0.2) is 5.65 Å². The first kappa shape index (κ1) is 23.7. The first-order valence-corrected chi connectivity index (χ1v) is 12.1. The molecule has 3 heterocycles. The van der Waals surface area contributed by atoms with Crippen LogP contribution in [0.2, 0.25) is 0 Å². The minimum atomic E-state index is -2.00. The molecule has 1 unspecified atom stereocenters. The van der Waals surface area contributed by atoms with Crippen molar-refractivity contribution >= 4 is 57.6 Å². The third-order valence-corrected chi connectivity index (χ3v) is 6.38. The van der Waals surface area contributed by atoms with Gasteiger partial charge in [0.1, 0.15) is 29.3 Å². The zero-order chi connectivity index (χ0) is 24.6. The fourth-order valence-corrected chi connectivity index (χ4v) is 4.63. The normalized spacial score (nSPS) is 16.4. The highest BCUT2D eigenvalue weighted by Crippen LogP contribution is 2.36. The lowest BCUT2D eigenvalue weighted by molar-refractivity contribution is -0.131. The molecule has 4 aromatic rings. The van der Waals surface area contributed by atoms with E-state index in [2.05, 4.69) is 9.97 Å². The SMILES string of the molecule is Nc1ncnc2c1c(-c1ccc(Oc3ccccc3)cc1)nn2C1CCCN(C(=O)C(Cl)(Cl)Cl)C1. The van der Waals surface area contributed by atoms with Gasteiger partial charge in [-0.3, -0.25) is 4.79 Å².